The Kier molecular flexibility index (Phi) is 4.55. The zero-order valence-corrected chi connectivity index (χ0v) is 12.2. The molecule has 0 radical (unpaired) electrons. The molecular formula is C18H20N2. The molecule has 2 heteroatoms. The van der Waals surface area contributed by atoms with Crippen LogP contribution in [0.5, 0.6) is 0 Å². The van der Waals surface area contributed by atoms with Gasteiger partial charge >= 0.3 is 0 Å². The average Bonchev–Trinajstić information content (AvgIpc) is 2.47. The second-order valence-corrected chi connectivity index (χ2v) is 5.20. The van der Waals surface area contributed by atoms with Gasteiger partial charge in [-0.25, -0.2) is 0 Å². The molecule has 2 atom stereocenters. The summed E-state index contributed by atoms with van der Waals surface area (Å²) in [6, 6.07) is 18.9. The summed E-state index contributed by atoms with van der Waals surface area (Å²) in [4.78, 5) is 0. The predicted molar refractivity (Wildman–Crippen MR) is 82.3 cm³/mol. The normalized spacial score (nSPS) is 13.5. The first kappa shape index (κ1) is 14.3. The zero-order chi connectivity index (χ0) is 14.5. The van der Waals surface area contributed by atoms with Crippen LogP contribution in [0.1, 0.15) is 48.2 Å². The predicted octanol–water partition coefficient (Wildman–Crippen LogP) is 4.28. The van der Waals surface area contributed by atoms with Gasteiger partial charge in [-0.05, 0) is 49.6 Å². The van der Waals surface area contributed by atoms with E-state index < -0.39 is 0 Å². The maximum Gasteiger partial charge on any atom is 0.0991 e. The number of nitrogens with one attached hydrogen (secondary N) is 1. The Bertz CT molecular complexity index is 625. The molecule has 1 unspecified atom stereocenters. The molecule has 0 fully saturated rings. The van der Waals surface area contributed by atoms with Crippen molar-refractivity contribution in [3.05, 3.63) is 70.8 Å². The molecule has 1 N–H and O–H groups in total. The van der Waals surface area contributed by atoms with Crippen molar-refractivity contribution in [3.63, 3.8) is 0 Å². The molecule has 0 aromatic heterocycles. The highest BCUT2D eigenvalue weighted by atomic mass is 14.9. The first-order chi connectivity index (χ1) is 9.61. The molecule has 0 bridgehead atoms. The summed E-state index contributed by atoms with van der Waals surface area (Å²) >= 11 is 0. The molecule has 0 heterocycles. The van der Waals surface area contributed by atoms with Crippen molar-refractivity contribution in [1.29, 1.82) is 5.26 Å². The minimum Gasteiger partial charge on any atom is -0.304 e. The Balaban J connectivity index is 2.13. The van der Waals surface area contributed by atoms with Crippen molar-refractivity contribution < 1.29 is 0 Å². The molecule has 2 aromatic rings. The lowest BCUT2D eigenvalue weighted by atomic mass is 10.00. The van der Waals surface area contributed by atoms with Gasteiger partial charge in [0.1, 0.15) is 0 Å². The zero-order valence-electron chi connectivity index (χ0n) is 12.2. The van der Waals surface area contributed by atoms with Gasteiger partial charge in [-0.3, -0.25) is 0 Å². The average molecular weight is 264 g/mol. The molecule has 20 heavy (non-hydrogen) atoms. The molecule has 0 spiro atoms. The van der Waals surface area contributed by atoms with Crippen LogP contribution in [-0.4, -0.2) is 0 Å². The van der Waals surface area contributed by atoms with Gasteiger partial charge in [-0.1, -0.05) is 36.4 Å². The van der Waals surface area contributed by atoms with E-state index >= 15 is 0 Å². The molecule has 0 amide bonds. The SMILES string of the molecule is Cc1ccccc1[C@H](C)NC(C)c1cccc(C#N)c1. The first-order valence-corrected chi connectivity index (χ1v) is 6.93. The second kappa shape index (κ2) is 6.36. The minimum absolute atomic E-state index is 0.206. The maximum atomic E-state index is 8.97. The van der Waals surface area contributed by atoms with Gasteiger partial charge in [0.25, 0.3) is 0 Å². The maximum absolute atomic E-state index is 8.97. The number of nitrogens with zero attached hydrogens (tertiary/aromatic N) is 1. The largest absolute Gasteiger partial charge is 0.304 e. The topological polar surface area (TPSA) is 35.8 Å². The highest BCUT2D eigenvalue weighted by Crippen LogP contribution is 2.22. The van der Waals surface area contributed by atoms with Crippen molar-refractivity contribution in [2.45, 2.75) is 32.9 Å². The highest BCUT2D eigenvalue weighted by Gasteiger charge is 2.12. The summed E-state index contributed by atoms with van der Waals surface area (Å²) in [6.45, 7) is 6.44. The van der Waals surface area contributed by atoms with Gasteiger partial charge in [0.15, 0.2) is 0 Å². The molecule has 0 aliphatic rings. The molecule has 0 saturated heterocycles. The lowest BCUT2D eigenvalue weighted by Crippen LogP contribution is -2.23. The van der Waals surface area contributed by atoms with E-state index in [9.17, 15) is 0 Å². The highest BCUT2D eigenvalue weighted by molar-refractivity contribution is 5.34. The van der Waals surface area contributed by atoms with Crippen LogP contribution in [0, 0.1) is 18.3 Å². The van der Waals surface area contributed by atoms with E-state index in [2.05, 4.69) is 62.5 Å². The summed E-state index contributed by atoms with van der Waals surface area (Å²) in [5.41, 5.74) is 4.46. The number of rotatable bonds is 4. The summed E-state index contributed by atoms with van der Waals surface area (Å²) in [7, 11) is 0. The van der Waals surface area contributed by atoms with E-state index in [1.54, 1.807) is 0 Å². The van der Waals surface area contributed by atoms with Gasteiger partial charge in [-0.2, -0.15) is 5.26 Å². The molecular weight excluding hydrogens is 244 g/mol. The monoisotopic (exact) mass is 264 g/mol. The van der Waals surface area contributed by atoms with E-state index in [1.807, 2.05) is 18.2 Å². The van der Waals surface area contributed by atoms with Crippen LogP contribution in [0.4, 0.5) is 0 Å². The lowest BCUT2D eigenvalue weighted by Gasteiger charge is -2.22. The van der Waals surface area contributed by atoms with Crippen LogP contribution in [0.25, 0.3) is 0 Å². The Labute approximate surface area is 121 Å². The number of benzene rings is 2. The van der Waals surface area contributed by atoms with Crippen molar-refractivity contribution >= 4 is 0 Å². The van der Waals surface area contributed by atoms with Gasteiger partial charge in [0.2, 0.25) is 0 Å². The third-order valence-electron chi connectivity index (χ3n) is 3.67. The summed E-state index contributed by atoms with van der Waals surface area (Å²) < 4.78 is 0. The van der Waals surface area contributed by atoms with Gasteiger partial charge < -0.3 is 5.32 Å². The molecule has 2 nitrogen and oxygen atoms in total. The Morgan fingerprint density at radius 2 is 1.75 bits per heavy atom. The molecule has 2 aromatic carbocycles. The van der Waals surface area contributed by atoms with Crippen LogP contribution in [0.15, 0.2) is 48.5 Å². The quantitative estimate of drug-likeness (QED) is 0.894. The number of hydrogen-bond acceptors (Lipinski definition) is 2. The van der Waals surface area contributed by atoms with Crippen molar-refractivity contribution in [2.24, 2.45) is 0 Å². The summed E-state index contributed by atoms with van der Waals surface area (Å²) in [6.07, 6.45) is 0. The van der Waals surface area contributed by atoms with Crippen LogP contribution in [-0.2, 0) is 0 Å². The molecule has 0 saturated carbocycles. The Morgan fingerprint density at radius 1 is 1.00 bits per heavy atom. The van der Waals surface area contributed by atoms with Crippen molar-refractivity contribution in [1.82, 2.24) is 5.32 Å². The van der Waals surface area contributed by atoms with E-state index in [0.29, 0.717) is 5.56 Å². The fourth-order valence-corrected chi connectivity index (χ4v) is 2.51. The number of nitriles is 1. The third-order valence-corrected chi connectivity index (χ3v) is 3.67. The van der Waals surface area contributed by atoms with E-state index in [1.165, 1.54) is 11.1 Å². The van der Waals surface area contributed by atoms with Crippen LogP contribution >= 0.6 is 0 Å². The standard InChI is InChI=1S/C18H20N2/c1-13-7-4-5-10-18(13)15(3)20-14(2)17-9-6-8-16(11-17)12-19/h4-11,14-15,20H,1-3H3/t14?,15-/m0/s1. The van der Waals surface area contributed by atoms with Crippen LogP contribution in [0.2, 0.25) is 0 Å². The molecule has 2 rings (SSSR count). The number of aryl methyl sites for hydroxylation is 1. The van der Waals surface area contributed by atoms with Crippen LogP contribution in [0.3, 0.4) is 0 Å². The minimum atomic E-state index is 0.206. The smallest absolute Gasteiger partial charge is 0.0991 e. The van der Waals surface area contributed by atoms with Gasteiger partial charge in [0.05, 0.1) is 11.6 Å². The second-order valence-electron chi connectivity index (χ2n) is 5.20. The molecule has 102 valence electrons. The molecule has 0 aliphatic carbocycles. The number of hydrogen-bond donors (Lipinski definition) is 1. The Hall–Kier alpha value is -2.11. The van der Waals surface area contributed by atoms with Gasteiger partial charge in [-0.15, -0.1) is 0 Å². The van der Waals surface area contributed by atoms with E-state index in [-0.39, 0.29) is 12.1 Å². The van der Waals surface area contributed by atoms with Crippen molar-refractivity contribution in [3.8, 4) is 6.07 Å². The Morgan fingerprint density at radius 3 is 2.45 bits per heavy atom. The first-order valence-electron chi connectivity index (χ1n) is 6.93. The third kappa shape index (κ3) is 3.26. The van der Waals surface area contributed by atoms with Gasteiger partial charge in [0, 0.05) is 12.1 Å². The fourth-order valence-electron chi connectivity index (χ4n) is 2.51. The van der Waals surface area contributed by atoms with E-state index in [4.69, 9.17) is 5.26 Å². The summed E-state index contributed by atoms with van der Waals surface area (Å²) in [5, 5.41) is 12.6. The lowest BCUT2D eigenvalue weighted by molar-refractivity contribution is 0.493. The summed E-state index contributed by atoms with van der Waals surface area (Å²) in [5.74, 6) is 0. The van der Waals surface area contributed by atoms with Crippen molar-refractivity contribution in [2.75, 3.05) is 0 Å². The molecule has 0 aliphatic heterocycles. The van der Waals surface area contributed by atoms with Crippen LogP contribution < -0.4 is 5.32 Å². The van der Waals surface area contributed by atoms with E-state index in [0.717, 1.165) is 5.56 Å². The fraction of sp³-hybridized carbons (Fsp3) is 0.278.